The number of aryl methyl sites for hydroxylation is 1. The number of piperazine rings is 1. The van der Waals surface area contributed by atoms with Gasteiger partial charge in [0.1, 0.15) is 5.69 Å². The summed E-state index contributed by atoms with van der Waals surface area (Å²) < 4.78 is 0. The summed E-state index contributed by atoms with van der Waals surface area (Å²) in [4.78, 5) is 32.0. The van der Waals surface area contributed by atoms with Crippen LogP contribution in [0.3, 0.4) is 0 Å². The van der Waals surface area contributed by atoms with Gasteiger partial charge < -0.3 is 15.1 Å². The van der Waals surface area contributed by atoms with Crippen molar-refractivity contribution in [2.24, 2.45) is 0 Å². The Bertz CT molecular complexity index is 765. The molecular formula is C19H22N4O2. The van der Waals surface area contributed by atoms with Gasteiger partial charge in [-0.3, -0.25) is 9.59 Å². The molecule has 25 heavy (non-hydrogen) atoms. The Morgan fingerprint density at radius 3 is 2.44 bits per heavy atom. The lowest BCUT2D eigenvalue weighted by atomic mass is 10.2. The first-order valence-electron chi connectivity index (χ1n) is 8.37. The lowest BCUT2D eigenvalue weighted by molar-refractivity contribution is -0.129. The molecule has 130 valence electrons. The zero-order valence-corrected chi connectivity index (χ0v) is 14.5. The number of anilines is 2. The molecule has 0 spiro atoms. The third-order valence-corrected chi connectivity index (χ3v) is 4.35. The van der Waals surface area contributed by atoms with Crippen molar-refractivity contribution in [2.75, 3.05) is 36.4 Å². The maximum absolute atomic E-state index is 12.3. The van der Waals surface area contributed by atoms with Crippen LogP contribution >= 0.6 is 0 Å². The van der Waals surface area contributed by atoms with Crippen LogP contribution in [0.1, 0.15) is 23.0 Å². The number of pyridine rings is 1. The van der Waals surface area contributed by atoms with Crippen molar-refractivity contribution in [3.05, 3.63) is 53.9 Å². The quantitative estimate of drug-likeness (QED) is 0.933. The van der Waals surface area contributed by atoms with Gasteiger partial charge in [-0.2, -0.15) is 0 Å². The molecule has 1 N–H and O–H groups in total. The zero-order chi connectivity index (χ0) is 17.8. The normalized spacial score (nSPS) is 14.3. The minimum atomic E-state index is -0.224. The maximum atomic E-state index is 12.3. The van der Waals surface area contributed by atoms with Crippen molar-refractivity contribution >= 4 is 23.2 Å². The monoisotopic (exact) mass is 338 g/mol. The SMILES string of the molecule is CC(=O)N1CCN(c2ccc(C(=O)Nc3cccc(C)c3)nc2)CC1. The number of benzene rings is 1. The summed E-state index contributed by atoms with van der Waals surface area (Å²) in [7, 11) is 0. The number of nitrogens with one attached hydrogen (secondary N) is 1. The highest BCUT2D eigenvalue weighted by atomic mass is 16.2. The number of carbonyl (C=O) groups is 2. The Labute approximate surface area is 147 Å². The average molecular weight is 338 g/mol. The number of hydrogen-bond acceptors (Lipinski definition) is 4. The molecule has 0 radical (unpaired) electrons. The summed E-state index contributed by atoms with van der Waals surface area (Å²) in [5.74, 6) is -0.112. The molecule has 0 bridgehead atoms. The van der Waals surface area contributed by atoms with Crippen LogP contribution in [-0.4, -0.2) is 47.9 Å². The van der Waals surface area contributed by atoms with Crippen LogP contribution in [0.25, 0.3) is 0 Å². The number of hydrogen-bond donors (Lipinski definition) is 1. The minimum Gasteiger partial charge on any atom is -0.367 e. The van der Waals surface area contributed by atoms with E-state index in [9.17, 15) is 9.59 Å². The number of amides is 2. The second-order valence-electron chi connectivity index (χ2n) is 6.22. The van der Waals surface area contributed by atoms with Crippen LogP contribution in [0.5, 0.6) is 0 Å². The average Bonchev–Trinajstić information content (AvgIpc) is 2.62. The van der Waals surface area contributed by atoms with E-state index in [1.54, 1.807) is 19.2 Å². The van der Waals surface area contributed by atoms with Crippen LogP contribution < -0.4 is 10.2 Å². The number of rotatable bonds is 3. The van der Waals surface area contributed by atoms with Gasteiger partial charge in [0.15, 0.2) is 0 Å². The highest BCUT2D eigenvalue weighted by molar-refractivity contribution is 6.03. The molecular weight excluding hydrogens is 316 g/mol. The molecule has 3 rings (SSSR count). The largest absolute Gasteiger partial charge is 0.367 e. The molecule has 2 amide bonds. The van der Waals surface area contributed by atoms with Gasteiger partial charge in [-0.25, -0.2) is 4.98 Å². The molecule has 2 aromatic rings. The molecule has 1 aliphatic rings. The fourth-order valence-corrected chi connectivity index (χ4v) is 2.90. The van der Waals surface area contributed by atoms with Gasteiger partial charge in [0.05, 0.1) is 11.9 Å². The third kappa shape index (κ3) is 4.15. The van der Waals surface area contributed by atoms with E-state index in [0.29, 0.717) is 18.8 Å². The minimum absolute atomic E-state index is 0.112. The van der Waals surface area contributed by atoms with Crippen LogP contribution in [0.4, 0.5) is 11.4 Å². The molecule has 0 unspecified atom stereocenters. The maximum Gasteiger partial charge on any atom is 0.274 e. The summed E-state index contributed by atoms with van der Waals surface area (Å²) in [5.41, 5.74) is 3.20. The van der Waals surface area contributed by atoms with E-state index in [1.807, 2.05) is 42.2 Å². The summed E-state index contributed by atoms with van der Waals surface area (Å²) in [6.45, 7) is 6.55. The Morgan fingerprint density at radius 1 is 1.08 bits per heavy atom. The number of carbonyl (C=O) groups excluding carboxylic acids is 2. The lowest BCUT2D eigenvalue weighted by Gasteiger charge is -2.35. The molecule has 0 saturated carbocycles. The molecule has 0 atom stereocenters. The van der Waals surface area contributed by atoms with Gasteiger partial charge in [0.25, 0.3) is 5.91 Å². The van der Waals surface area contributed by atoms with E-state index in [-0.39, 0.29) is 11.8 Å². The highest BCUT2D eigenvalue weighted by Crippen LogP contribution is 2.17. The summed E-state index contributed by atoms with van der Waals surface area (Å²) in [5, 5.41) is 2.86. The molecule has 1 aliphatic heterocycles. The van der Waals surface area contributed by atoms with E-state index in [0.717, 1.165) is 30.0 Å². The molecule has 1 aromatic carbocycles. The molecule has 1 fully saturated rings. The van der Waals surface area contributed by atoms with Crippen LogP contribution in [0.15, 0.2) is 42.6 Å². The first kappa shape index (κ1) is 17.0. The fourth-order valence-electron chi connectivity index (χ4n) is 2.90. The van der Waals surface area contributed by atoms with Gasteiger partial charge in [-0.1, -0.05) is 12.1 Å². The first-order chi connectivity index (χ1) is 12.0. The smallest absolute Gasteiger partial charge is 0.274 e. The van der Waals surface area contributed by atoms with Crippen molar-refractivity contribution < 1.29 is 9.59 Å². The van der Waals surface area contributed by atoms with Crippen molar-refractivity contribution in [1.82, 2.24) is 9.88 Å². The van der Waals surface area contributed by atoms with E-state index in [2.05, 4.69) is 15.2 Å². The molecule has 1 aromatic heterocycles. The van der Waals surface area contributed by atoms with E-state index in [4.69, 9.17) is 0 Å². The molecule has 6 nitrogen and oxygen atoms in total. The standard InChI is InChI=1S/C19H22N4O2/c1-14-4-3-5-16(12-14)21-19(25)18-7-6-17(13-20-18)23-10-8-22(9-11-23)15(2)24/h3-7,12-13H,8-11H2,1-2H3,(H,21,25). The second-order valence-corrected chi connectivity index (χ2v) is 6.22. The lowest BCUT2D eigenvalue weighted by Crippen LogP contribution is -2.48. The van der Waals surface area contributed by atoms with Gasteiger partial charge in [0.2, 0.25) is 5.91 Å². The molecule has 6 heteroatoms. The Kier molecular flexibility index (Phi) is 4.97. The predicted molar refractivity (Wildman–Crippen MR) is 97.8 cm³/mol. The van der Waals surface area contributed by atoms with Crippen molar-refractivity contribution in [1.29, 1.82) is 0 Å². The van der Waals surface area contributed by atoms with Crippen molar-refractivity contribution in [2.45, 2.75) is 13.8 Å². The Hall–Kier alpha value is -2.89. The third-order valence-electron chi connectivity index (χ3n) is 4.35. The predicted octanol–water partition coefficient (Wildman–Crippen LogP) is 2.31. The molecule has 0 aliphatic carbocycles. The molecule has 1 saturated heterocycles. The van der Waals surface area contributed by atoms with E-state index < -0.39 is 0 Å². The van der Waals surface area contributed by atoms with E-state index in [1.165, 1.54) is 0 Å². The first-order valence-corrected chi connectivity index (χ1v) is 8.37. The summed E-state index contributed by atoms with van der Waals surface area (Å²) in [6, 6.07) is 11.3. The topological polar surface area (TPSA) is 65.5 Å². The van der Waals surface area contributed by atoms with Gasteiger partial charge in [-0.15, -0.1) is 0 Å². The van der Waals surface area contributed by atoms with Crippen LogP contribution in [-0.2, 0) is 4.79 Å². The Balaban J connectivity index is 1.62. The van der Waals surface area contributed by atoms with Gasteiger partial charge in [0, 0.05) is 38.8 Å². The molecule has 2 heterocycles. The summed E-state index contributed by atoms with van der Waals surface area (Å²) in [6.07, 6.45) is 1.72. The van der Waals surface area contributed by atoms with Gasteiger partial charge >= 0.3 is 0 Å². The highest BCUT2D eigenvalue weighted by Gasteiger charge is 2.19. The fraction of sp³-hybridized carbons (Fsp3) is 0.316. The second kappa shape index (κ2) is 7.34. The van der Waals surface area contributed by atoms with Crippen LogP contribution in [0.2, 0.25) is 0 Å². The number of nitrogens with zero attached hydrogens (tertiary/aromatic N) is 3. The van der Waals surface area contributed by atoms with Crippen LogP contribution in [0, 0.1) is 6.92 Å². The number of aromatic nitrogens is 1. The van der Waals surface area contributed by atoms with Gasteiger partial charge in [-0.05, 0) is 36.8 Å². The van der Waals surface area contributed by atoms with Crippen molar-refractivity contribution in [3.63, 3.8) is 0 Å². The Morgan fingerprint density at radius 2 is 1.84 bits per heavy atom. The summed E-state index contributed by atoms with van der Waals surface area (Å²) >= 11 is 0. The zero-order valence-electron chi connectivity index (χ0n) is 14.5. The van der Waals surface area contributed by atoms with E-state index >= 15 is 0 Å². The van der Waals surface area contributed by atoms with Crippen molar-refractivity contribution in [3.8, 4) is 0 Å².